The first-order valence-corrected chi connectivity index (χ1v) is 10.0. The fraction of sp³-hybridized carbons (Fsp3) is 0.130. The summed E-state index contributed by atoms with van der Waals surface area (Å²) < 4.78 is 17.1. The average molecular weight is 468 g/mol. The molecule has 0 fully saturated rings. The predicted molar refractivity (Wildman–Crippen MR) is 116 cm³/mol. The van der Waals surface area contributed by atoms with Crippen molar-refractivity contribution in [1.82, 2.24) is 0 Å². The molecule has 0 aliphatic carbocycles. The quantitative estimate of drug-likeness (QED) is 0.549. The van der Waals surface area contributed by atoms with E-state index in [1.165, 1.54) is 0 Å². The van der Waals surface area contributed by atoms with Crippen molar-refractivity contribution in [3.63, 3.8) is 0 Å². The van der Waals surface area contributed by atoms with Crippen LogP contribution in [0.3, 0.4) is 0 Å². The number of halogens is 1. The van der Waals surface area contributed by atoms with Gasteiger partial charge < -0.3 is 19.5 Å². The highest BCUT2D eigenvalue weighted by atomic mass is 79.9. The maximum absolute atomic E-state index is 13.3. The number of ketones is 1. The molecule has 6 nitrogen and oxygen atoms in total. The Morgan fingerprint density at radius 1 is 0.933 bits per heavy atom. The highest BCUT2D eigenvalue weighted by Crippen LogP contribution is 2.37. The summed E-state index contributed by atoms with van der Waals surface area (Å²) in [7, 11) is 1.56. The Labute approximate surface area is 181 Å². The minimum atomic E-state index is -0.351. The molecule has 1 N–H and O–H groups in total. The van der Waals surface area contributed by atoms with Gasteiger partial charge in [-0.05, 0) is 42.5 Å². The Morgan fingerprint density at radius 2 is 1.60 bits per heavy atom. The Morgan fingerprint density at radius 3 is 2.27 bits per heavy atom. The number of amides is 1. The van der Waals surface area contributed by atoms with Crippen molar-refractivity contribution in [3.8, 4) is 17.2 Å². The molecule has 152 valence electrons. The summed E-state index contributed by atoms with van der Waals surface area (Å²) in [5.41, 5.74) is 1.58. The zero-order valence-electron chi connectivity index (χ0n) is 16.1. The lowest BCUT2D eigenvalue weighted by atomic mass is 10.0. The van der Waals surface area contributed by atoms with Gasteiger partial charge in [0.2, 0.25) is 0 Å². The van der Waals surface area contributed by atoms with Crippen molar-refractivity contribution in [1.29, 1.82) is 0 Å². The lowest BCUT2D eigenvalue weighted by Crippen LogP contribution is -2.19. The molecule has 0 radical (unpaired) electrons. The van der Waals surface area contributed by atoms with Gasteiger partial charge in [0, 0.05) is 21.7 Å². The van der Waals surface area contributed by atoms with E-state index in [2.05, 4.69) is 21.2 Å². The topological polar surface area (TPSA) is 73.9 Å². The number of fused-ring (bicyclic) bond motifs is 1. The fourth-order valence-corrected chi connectivity index (χ4v) is 3.57. The van der Waals surface area contributed by atoms with E-state index in [9.17, 15) is 9.59 Å². The number of rotatable bonds is 5. The summed E-state index contributed by atoms with van der Waals surface area (Å²) in [5.74, 6) is 1.00. The first-order chi connectivity index (χ1) is 14.6. The molecule has 1 heterocycles. The number of benzene rings is 3. The summed E-state index contributed by atoms with van der Waals surface area (Å²) in [6.45, 7) is 0.795. The van der Waals surface area contributed by atoms with Crippen molar-refractivity contribution in [3.05, 3.63) is 81.8 Å². The van der Waals surface area contributed by atoms with Crippen LogP contribution in [0.2, 0.25) is 0 Å². The largest absolute Gasteiger partial charge is 0.497 e. The molecule has 0 spiro atoms. The first-order valence-electron chi connectivity index (χ1n) is 9.25. The Bertz CT molecular complexity index is 1110. The maximum atomic E-state index is 13.3. The second-order valence-corrected chi connectivity index (χ2v) is 7.39. The van der Waals surface area contributed by atoms with Crippen molar-refractivity contribution in [2.45, 2.75) is 0 Å². The Hall–Kier alpha value is -3.32. The standard InChI is InChI=1S/C23H18BrNO5/c1-28-15-8-6-14(7-9-15)23(27)25-19-13-21-20(29-10-11-30-21)12-17(19)22(26)16-4-2-3-5-18(16)24/h2-9,12-13H,10-11H2,1H3,(H,25,27). The predicted octanol–water partition coefficient (Wildman–Crippen LogP) is 4.71. The smallest absolute Gasteiger partial charge is 0.255 e. The van der Waals surface area contributed by atoms with Gasteiger partial charge in [0.15, 0.2) is 17.3 Å². The summed E-state index contributed by atoms with van der Waals surface area (Å²) in [4.78, 5) is 26.1. The molecular weight excluding hydrogens is 450 g/mol. The van der Waals surface area contributed by atoms with E-state index in [0.29, 0.717) is 57.3 Å². The highest BCUT2D eigenvalue weighted by Gasteiger charge is 2.23. The normalized spacial score (nSPS) is 12.2. The third-order valence-electron chi connectivity index (χ3n) is 4.65. The number of hydrogen-bond donors (Lipinski definition) is 1. The molecule has 3 aromatic rings. The van der Waals surface area contributed by atoms with Crippen LogP contribution in [-0.4, -0.2) is 32.0 Å². The van der Waals surface area contributed by atoms with Crippen LogP contribution in [0, 0.1) is 0 Å². The third kappa shape index (κ3) is 4.02. The van der Waals surface area contributed by atoms with Crippen LogP contribution in [0.25, 0.3) is 0 Å². The van der Waals surface area contributed by atoms with Crippen molar-refractivity contribution < 1.29 is 23.8 Å². The van der Waals surface area contributed by atoms with Gasteiger partial charge in [-0.25, -0.2) is 0 Å². The van der Waals surface area contributed by atoms with Crippen LogP contribution in [-0.2, 0) is 0 Å². The molecule has 0 atom stereocenters. The fourth-order valence-electron chi connectivity index (χ4n) is 3.11. The molecule has 4 rings (SSSR count). The zero-order valence-corrected chi connectivity index (χ0v) is 17.7. The SMILES string of the molecule is COc1ccc(C(=O)Nc2cc3c(cc2C(=O)c2ccccc2Br)OCCO3)cc1. The lowest BCUT2D eigenvalue weighted by molar-refractivity contribution is 0.102. The van der Waals surface area contributed by atoms with Gasteiger partial charge in [0.25, 0.3) is 5.91 Å². The zero-order chi connectivity index (χ0) is 21.1. The summed E-state index contributed by atoms with van der Waals surface area (Å²) >= 11 is 3.42. The number of carbonyl (C=O) groups is 2. The van der Waals surface area contributed by atoms with E-state index < -0.39 is 0 Å². The van der Waals surface area contributed by atoms with Gasteiger partial charge in [0.05, 0.1) is 18.4 Å². The van der Waals surface area contributed by atoms with Crippen LogP contribution in [0.15, 0.2) is 65.1 Å². The number of ether oxygens (including phenoxy) is 3. The Balaban J connectivity index is 1.72. The Kier molecular flexibility index (Phi) is 5.72. The van der Waals surface area contributed by atoms with Crippen LogP contribution < -0.4 is 19.5 Å². The second-order valence-electron chi connectivity index (χ2n) is 6.53. The highest BCUT2D eigenvalue weighted by molar-refractivity contribution is 9.10. The molecule has 0 bridgehead atoms. The van der Waals surface area contributed by atoms with Gasteiger partial charge in [-0.1, -0.05) is 28.1 Å². The van der Waals surface area contributed by atoms with Crippen LogP contribution in [0.5, 0.6) is 17.2 Å². The molecule has 3 aromatic carbocycles. The van der Waals surface area contributed by atoms with Gasteiger partial charge >= 0.3 is 0 Å². The first kappa shape index (κ1) is 20.0. The minimum absolute atomic E-state index is 0.246. The van der Waals surface area contributed by atoms with Crippen molar-refractivity contribution in [2.24, 2.45) is 0 Å². The van der Waals surface area contributed by atoms with Crippen LogP contribution in [0.4, 0.5) is 5.69 Å². The van der Waals surface area contributed by atoms with E-state index in [0.717, 1.165) is 0 Å². The molecule has 1 aliphatic rings. The van der Waals surface area contributed by atoms with E-state index in [-0.39, 0.29) is 11.7 Å². The lowest BCUT2D eigenvalue weighted by Gasteiger charge is -2.21. The summed E-state index contributed by atoms with van der Waals surface area (Å²) in [6.07, 6.45) is 0. The summed E-state index contributed by atoms with van der Waals surface area (Å²) in [6, 6.07) is 17.1. The molecule has 7 heteroatoms. The number of carbonyl (C=O) groups excluding carboxylic acids is 2. The number of anilines is 1. The monoisotopic (exact) mass is 467 g/mol. The molecule has 0 saturated carbocycles. The van der Waals surface area contributed by atoms with Gasteiger partial charge in [-0.2, -0.15) is 0 Å². The average Bonchev–Trinajstić information content (AvgIpc) is 2.78. The third-order valence-corrected chi connectivity index (χ3v) is 5.34. The van der Waals surface area contributed by atoms with E-state index in [1.54, 1.807) is 61.7 Å². The number of nitrogens with one attached hydrogen (secondary N) is 1. The molecule has 0 aromatic heterocycles. The van der Waals surface area contributed by atoms with Crippen LogP contribution in [0.1, 0.15) is 26.3 Å². The van der Waals surface area contributed by atoms with Crippen molar-refractivity contribution >= 4 is 33.3 Å². The summed E-state index contributed by atoms with van der Waals surface area (Å²) in [5, 5.41) is 2.83. The maximum Gasteiger partial charge on any atom is 0.255 e. The van der Waals surface area contributed by atoms with E-state index in [1.807, 2.05) is 6.07 Å². The molecule has 0 saturated heterocycles. The van der Waals surface area contributed by atoms with E-state index in [4.69, 9.17) is 14.2 Å². The van der Waals surface area contributed by atoms with Gasteiger partial charge in [0.1, 0.15) is 19.0 Å². The second kappa shape index (κ2) is 8.59. The minimum Gasteiger partial charge on any atom is -0.497 e. The van der Waals surface area contributed by atoms with Crippen LogP contribution >= 0.6 is 15.9 Å². The molecular formula is C23H18BrNO5. The molecule has 30 heavy (non-hydrogen) atoms. The van der Waals surface area contributed by atoms with Gasteiger partial charge in [-0.15, -0.1) is 0 Å². The number of hydrogen-bond acceptors (Lipinski definition) is 5. The number of methoxy groups -OCH3 is 1. The molecule has 0 unspecified atom stereocenters. The van der Waals surface area contributed by atoms with E-state index >= 15 is 0 Å². The van der Waals surface area contributed by atoms with Crippen molar-refractivity contribution in [2.75, 3.05) is 25.6 Å². The molecule has 1 aliphatic heterocycles. The molecule has 1 amide bonds. The van der Waals surface area contributed by atoms with Gasteiger partial charge in [-0.3, -0.25) is 9.59 Å².